The molecule has 7 heteroatoms. The number of H-pyrrole nitrogens is 1. The van der Waals surface area contributed by atoms with Gasteiger partial charge < -0.3 is 4.90 Å². The molecule has 0 aliphatic rings. The first-order chi connectivity index (χ1) is 7.22. The first-order valence-electron chi connectivity index (χ1n) is 4.56. The normalized spacial score (nSPS) is 11.6. The molecular weight excluding hydrogens is 223 g/mol. The smallest absolute Gasteiger partial charge is 0.332 e. The molecule has 1 rings (SSSR count). The van der Waals surface area contributed by atoms with Gasteiger partial charge in [0.05, 0.1) is 11.3 Å². The van der Waals surface area contributed by atoms with E-state index in [4.69, 9.17) is 0 Å². The Morgan fingerprint density at radius 3 is 2.38 bits per heavy atom. The molecular formula is C9H12F3N3O. The second kappa shape index (κ2) is 4.15. The molecule has 0 spiro atoms. The van der Waals surface area contributed by atoms with Gasteiger partial charge in [-0.3, -0.25) is 9.89 Å². The Hall–Kier alpha value is -1.53. The third-order valence-corrected chi connectivity index (χ3v) is 2.11. The Labute approximate surface area is 90.4 Å². The topological polar surface area (TPSA) is 49.0 Å². The van der Waals surface area contributed by atoms with Crippen molar-refractivity contribution >= 4 is 5.91 Å². The molecule has 90 valence electrons. The lowest BCUT2D eigenvalue weighted by Crippen LogP contribution is -2.36. The zero-order valence-corrected chi connectivity index (χ0v) is 9.14. The van der Waals surface area contributed by atoms with Gasteiger partial charge in [-0.2, -0.15) is 18.3 Å². The summed E-state index contributed by atoms with van der Waals surface area (Å²) in [5.41, 5.74) is 1.07. The van der Waals surface area contributed by atoms with E-state index in [2.05, 4.69) is 10.2 Å². The van der Waals surface area contributed by atoms with Gasteiger partial charge in [0, 0.05) is 12.7 Å². The van der Waals surface area contributed by atoms with Crippen molar-refractivity contribution in [2.75, 3.05) is 13.6 Å². The Kier molecular flexibility index (Phi) is 3.25. The van der Waals surface area contributed by atoms with Crippen LogP contribution in [-0.4, -0.2) is 40.8 Å². The average molecular weight is 235 g/mol. The minimum atomic E-state index is -4.39. The molecule has 1 amide bonds. The van der Waals surface area contributed by atoms with E-state index in [1.165, 1.54) is 0 Å². The number of aryl methyl sites for hydroxylation is 2. The number of amides is 1. The van der Waals surface area contributed by atoms with Gasteiger partial charge in [0.1, 0.15) is 6.54 Å². The molecule has 0 aromatic carbocycles. The number of nitrogens with zero attached hydrogens (tertiary/aromatic N) is 2. The van der Waals surface area contributed by atoms with Crippen molar-refractivity contribution in [3.8, 4) is 0 Å². The van der Waals surface area contributed by atoms with Crippen LogP contribution in [-0.2, 0) is 0 Å². The van der Waals surface area contributed by atoms with E-state index in [-0.39, 0.29) is 5.56 Å². The monoisotopic (exact) mass is 235 g/mol. The first kappa shape index (κ1) is 12.5. The lowest BCUT2D eigenvalue weighted by Gasteiger charge is -2.18. The summed E-state index contributed by atoms with van der Waals surface area (Å²) >= 11 is 0. The fourth-order valence-electron chi connectivity index (χ4n) is 1.40. The van der Waals surface area contributed by atoms with E-state index in [0.29, 0.717) is 16.3 Å². The average Bonchev–Trinajstić information content (AvgIpc) is 2.42. The second-order valence-electron chi connectivity index (χ2n) is 3.59. The molecule has 1 aromatic rings. The van der Waals surface area contributed by atoms with E-state index in [1.807, 2.05) is 0 Å². The predicted octanol–water partition coefficient (Wildman–Crippen LogP) is 1.66. The number of hydrogen-bond acceptors (Lipinski definition) is 2. The summed E-state index contributed by atoms with van der Waals surface area (Å²) in [5, 5.41) is 6.32. The summed E-state index contributed by atoms with van der Waals surface area (Å²) in [6.45, 7) is 1.89. The van der Waals surface area contributed by atoms with Crippen LogP contribution in [0.3, 0.4) is 0 Å². The second-order valence-corrected chi connectivity index (χ2v) is 3.59. The van der Waals surface area contributed by atoms with Crippen LogP contribution in [0.4, 0.5) is 13.2 Å². The number of nitrogens with one attached hydrogen (secondary N) is 1. The first-order valence-corrected chi connectivity index (χ1v) is 4.56. The Morgan fingerprint density at radius 2 is 2.00 bits per heavy atom. The van der Waals surface area contributed by atoms with Crippen molar-refractivity contribution in [1.29, 1.82) is 0 Å². The van der Waals surface area contributed by atoms with E-state index in [1.54, 1.807) is 13.8 Å². The molecule has 0 fully saturated rings. The highest BCUT2D eigenvalue weighted by molar-refractivity contribution is 5.96. The predicted molar refractivity (Wildman–Crippen MR) is 51.1 cm³/mol. The van der Waals surface area contributed by atoms with Gasteiger partial charge in [-0.15, -0.1) is 0 Å². The largest absolute Gasteiger partial charge is 0.406 e. The summed E-state index contributed by atoms with van der Waals surface area (Å²) in [6.07, 6.45) is -4.39. The third kappa shape index (κ3) is 2.74. The third-order valence-electron chi connectivity index (χ3n) is 2.11. The van der Waals surface area contributed by atoms with Crippen LogP contribution in [0, 0.1) is 13.8 Å². The van der Waals surface area contributed by atoms with Crippen LogP contribution in [0.1, 0.15) is 21.7 Å². The van der Waals surface area contributed by atoms with Crippen LogP contribution in [0.2, 0.25) is 0 Å². The van der Waals surface area contributed by atoms with Gasteiger partial charge >= 0.3 is 6.18 Å². The standard InChI is InChI=1S/C9H12F3N3O/c1-5-7(6(2)14-13-5)8(16)15(3)4-9(10,11)12/h4H2,1-3H3,(H,13,14). The van der Waals surface area contributed by atoms with Crippen molar-refractivity contribution in [3.63, 3.8) is 0 Å². The number of alkyl halides is 3. The minimum Gasteiger partial charge on any atom is -0.332 e. The highest BCUT2D eigenvalue weighted by atomic mass is 19.4. The summed E-state index contributed by atoms with van der Waals surface area (Å²) < 4.78 is 36.3. The van der Waals surface area contributed by atoms with Crippen LogP contribution in [0.25, 0.3) is 0 Å². The van der Waals surface area contributed by atoms with E-state index in [0.717, 1.165) is 7.05 Å². The molecule has 16 heavy (non-hydrogen) atoms. The number of carbonyl (C=O) groups is 1. The van der Waals surface area contributed by atoms with Crippen LogP contribution in [0.5, 0.6) is 0 Å². The van der Waals surface area contributed by atoms with E-state index < -0.39 is 18.6 Å². The Balaban J connectivity index is 2.87. The van der Waals surface area contributed by atoms with Crippen molar-refractivity contribution in [1.82, 2.24) is 15.1 Å². The van der Waals surface area contributed by atoms with Crippen molar-refractivity contribution in [2.24, 2.45) is 0 Å². The van der Waals surface area contributed by atoms with Gasteiger partial charge in [-0.1, -0.05) is 0 Å². The van der Waals surface area contributed by atoms with E-state index in [9.17, 15) is 18.0 Å². The number of aromatic nitrogens is 2. The highest BCUT2D eigenvalue weighted by Crippen LogP contribution is 2.18. The molecule has 0 radical (unpaired) electrons. The Morgan fingerprint density at radius 1 is 1.44 bits per heavy atom. The van der Waals surface area contributed by atoms with Crippen LogP contribution >= 0.6 is 0 Å². The Bertz CT molecular complexity index is 378. The van der Waals surface area contributed by atoms with Gasteiger partial charge in [-0.25, -0.2) is 0 Å². The molecule has 1 heterocycles. The number of halogens is 3. The molecule has 0 atom stereocenters. The molecule has 1 aromatic heterocycles. The minimum absolute atomic E-state index is 0.201. The lowest BCUT2D eigenvalue weighted by atomic mass is 10.2. The maximum absolute atomic E-state index is 12.1. The van der Waals surface area contributed by atoms with Crippen LogP contribution < -0.4 is 0 Å². The molecule has 0 saturated heterocycles. The number of rotatable bonds is 2. The molecule has 1 N–H and O–H groups in total. The fraction of sp³-hybridized carbons (Fsp3) is 0.556. The molecule has 4 nitrogen and oxygen atoms in total. The zero-order valence-electron chi connectivity index (χ0n) is 9.14. The van der Waals surface area contributed by atoms with Crippen LogP contribution in [0.15, 0.2) is 0 Å². The number of carbonyl (C=O) groups excluding carboxylic acids is 1. The van der Waals surface area contributed by atoms with Gasteiger partial charge in [0.2, 0.25) is 0 Å². The number of hydrogen-bond donors (Lipinski definition) is 1. The molecule has 0 bridgehead atoms. The van der Waals surface area contributed by atoms with Gasteiger partial charge in [0.15, 0.2) is 0 Å². The van der Waals surface area contributed by atoms with Crippen molar-refractivity contribution in [2.45, 2.75) is 20.0 Å². The number of aromatic amines is 1. The summed E-state index contributed by atoms with van der Waals surface area (Å²) in [5.74, 6) is -0.680. The SMILES string of the molecule is Cc1n[nH]c(C)c1C(=O)N(C)CC(F)(F)F. The highest BCUT2D eigenvalue weighted by Gasteiger charge is 2.32. The van der Waals surface area contributed by atoms with Crippen molar-refractivity contribution < 1.29 is 18.0 Å². The van der Waals surface area contributed by atoms with Gasteiger partial charge in [-0.05, 0) is 13.8 Å². The quantitative estimate of drug-likeness (QED) is 0.847. The maximum atomic E-state index is 12.1. The molecule has 0 aliphatic heterocycles. The van der Waals surface area contributed by atoms with Crippen molar-refractivity contribution in [3.05, 3.63) is 17.0 Å². The van der Waals surface area contributed by atoms with E-state index >= 15 is 0 Å². The molecule has 0 saturated carbocycles. The fourth-order valence-corrected chi connectivity index (χ4v) is 1.40. The lowest BCUT2D eigenvalue weighted by molar-refractivity contribution is -0.138. The summed E-state index contributed by atoms with van der Waals surface area (Å²) in [6, 6.07) is 0. The zero-order chi connectivity index (χ0) is 12.5. The maximum Gasteiger partial charge on any atom is 0.406 e. The summed E-state index contributed by atoms with van der Waals surface area (Å²) in [4.78, 5) is 12.3. The van der Waals surface area contributed by atoms with Gasteiger partial charge in [0.25, 0.3) is 5.91 Å². The molecule has 0 unspecified atom stereocenters. The molecule has 0 aliphatic carbocycles. The summed E-state index contributed by atoms with van der Waals surface area (Å²) in [7, 11) is 1.11.